The Morgan fingerprint density at radius 2 is 2.27 bits per heavy atom. The van der Waals surface area contributed by atoms with Crippen molar-refractivity contribution in [1.29, 1.82) is 0 Å². The first-order valence-electron chi connectivity index (χ1n) is 5.37. The number of nitrogens with two attached hydrogens (primary N) is 1. The molecule has 4 nitrogen and oxygen atoms in total. The molecule has 0 unspecified atom stereocenters. The summed E-state index contributed by atoms with van der Waals surface area (Å²) in [5.41, 5.74) is 5.94. The van der Waals surface area contributed by atoms with Crippen molar-refractivity contribution in [1.82, 2.24) is 5.32 Å². The second-order valence-corrected chi connectivity index (χ2v) is 4.01. The number of hydrogen-bond acceptors (Lipinski definition) is 3. The monoisotopic (exact) mass is 208 g/mol. The summed E-state index contributed by atoms with van der Waals surface area (Å²) < 4.78 is 5.02. The van der Waals surface area contributed by atoms with Gasteiger partial charge in [0.25, 0.3) is 5.91 Å². The Labute approximate surface area is 88.8 Å². The van der Waals surface area contributed by atoms with E-state index in [0.29, 0.717) is 5.76 Å². The summed E-state index contributed by atoms with van der Waals surface area (Å²) in [6, 6.07) is 3.54. The topological polar surface area (TPSA) is 68.3 Å². The summed E-state index contributed by atoms with van der Waals surface area (Å²) in [7, 11) is 0. The molecule has 0 aromatic carbocycles. The Kier molecular flexibility index (Phi) is 3.06. The van der Waals surface area contributed by atoms with Crippen molar-refractivity contribution in [3.05, 3.63) is 24.2 Å². The molecule has 4 heteroatoms. The van der Waals surface area contributed by atoms with Gasteiger partial charge in [-0.05, 0) is 25.0 Å². The van der Waals surface area contributed by atoms with Gasteiger partial charge in [-0.3, -0.25) is 4.79 Å². The van der Waals surface area contributed by atoms with Crippen LogP contribution in [0.4, 0.5) is 0 Å². The minimum Gasteiger partial charge on any atom is -0.459 e. The van der Waals surface area contributed by atoms with Crippen molar-refractivity contribution in [3.8, 4) is 0 Å². The van der Waals surface area contributed by atoms with Crippen LogP contribution in [0.1, 0.15) is 36.2 Å². The number of furan rings is 1. The molecule has 82 valence electrons. The molecule has 0 saturated heterocycles. The van der Waals surface area contributed by atoms with Crippen LogP contribution < -0.4 is 11.1 Å². The summed E-state index contributed by atoms with van der Waals surface area (Å²) in [5, 5.41) is 2.91. The molecule has 1 heterocycles. The second-order valence-electron chi connectivity index (χ2n) is 4.01. The maximum Gasteiger partial charge on any atom is 0.287 e. The maximum absolute atomic E-state index is 11.7. The number of carbonyl (C=O) groups excluding carboxylic acids is 1. The van der Waals surface area contributed by atoms with Gasteiger partial charge < -0.3 is 15.5 Å². The molecule has 1 aromatic rings. The zero-order chi connectivity index (χ0) is 10.7. The van der Waals surface area contributed by atoms with E-state index in [1.165, 1.54) is 6.26 Å². The zero-order valence-electron chi connectivity index (χ0n) is 8.61. The van der Waals surface area contributed by atoms with Gasteiger partial charge in [0, 0.05) is 12.1 Å². The normalized spacial score (nSPS) is 26.2. The van der Waals surface area contributed by atoms with Crippen molar-refractivity contribution < 1.29 is 9.21 Å². The summed E-state index contributed by atoms with van der Waals surface area (Å²) in [6.45, 7) is 0. The lowest BCUT2D eigenvalue weighted by molar-refractivity contribution is 0.0893. The maximum atomic E-state index is 11.7. The number of rotatable bonds is 2. The number of nitrogens with one attached hydrogen (secondary N) is 1. The van der Waals surface area contributed by atoms with Crippen LogP contribution in [0.2, 0.25) is 0 Å². The van der Waals surface area contributed by atoms with Gasteiger partial charge in [-0.1, -0.05) is 12.8 Å². The van der Waals surface area contributed by atoms with Gasteiger partial charge in [-0.25, -0.2) is 0 Å². The Balaban J connectivity index is 1.93. The van der Waals surface area contributed by atoms with Crippen LogP contribution in [0.5, 0.6) is 0 Å². The van der Waals surface area contributed by atoms with Gasteiger partial charge in [0.05, 0.1) is 6.26 Å². The largest absolute Gasteiger partial charge is 0.459 e. The minimum atomic E-state index is -0.164. The van der Waals surface area contributed by atoms with Crippen LogP contribution in [-0.4, -0.2) is 18.0 Å². The van der Waals surface area contributed by atoms with Gasteiger partial charge in [0.15, 0.2) is 5.76 Å². The quantitative estimate of drug-likeness (QED) is 0.769. The molecule has 0 radical (unpaired) electrons. The smallest absolute Gasteiger partial charge is 0.287 e. The van der Waals surface area contributed by atoms with Gasteiger partial charge in [-0.2, -0.15) is 0 Å². The van der Waals surface area contributed by atoms with Crippen molar-refractivity contribution in [2.24, 2.45) is 5.73 Å². The van der Waals surface area contributed by atoms with E-state index in [1.807, 2.05) is 0 Å². The summed E-state index contributed by atoms with van der Waals surface area (Å²) in [6.07, 6.45) is 5.75. The Morgan fingerprint density at radius 3 is 2.93 bits per heavy atom. The average Bonchev–Trinajstić information content (AvgIpc) is 2.74. The first-order valence-corrected chi connectivity index (χ1v) is 5.37. The first kappa shape index (κ1) is 10.2. The summed E-state index contributed by atoms with van der Waals surface area (Å²) >= 11 is 0. The van der Waals surface area contributed by atoms with Crippen LogP contribution >= 0.6 is 0 Å². The minimum absolute atomic E-state index is 0.0812. The second kappa shape index (κ2) is 4.49. The van der Waals surface area contributed by atoms with Gasteiger partial charge in [-0.15, -0.1) is 0 Å². The zero-order valence-corrected chi connectivity index (χ0v) is 8.61. The van der Waals surface area contributed by atoms with E-state index in [1.54, 1.807) is 12.1 Å². The SMILES string of the molecule is N[C@H]1CCCC[C@H]1NC(=O)c1ccco1. The van der Waals surface area contributed by atoms with E-state index in [9.17, 15) is 4.79 Å². The molecule has 2 atom stereocenters. The van der Waals surface area contributed by atoms with Crippen molar-refractivity contribution in [3.63, 3.8) is 0 Å². The van der Waals surface area contributed by atoms with E-state index in [0.717, 1.165) is 25.7 Å². The Morgan fingerprint density at radius 1 is 1.47 bits per heavy atom. The first-order chi connectivity index (χ1) is 7.27. The average molecular weight is 208 g/mol. The highest BCUT2D eigenvalue weighted by Crippen LogP contribution is 2.17. The lowest BCUT2D eigenvalue weighted by Gasteiger charge is -2.28. The lowest BCUT2D eigenvalue weighted by atomic mass is 9.91. The molecule has 1 aliphatic carbocycles. The third-order valence-electron chi connectivity index (χ3n) is 2.88. The van der Waals surface area contributed by atoms with Crippen LogP contribution in [-0.2, 0) is 0 Å². The van der Waals surface area contributed by atoms with Crippen molar-refractivity contribution >= 4 is 5.91 Å². The molecule has 3 N–H and O–H groups in total. The van der Waals surface area contributed by atoms with Gasteiger partial charge >= 0.3 is 0 Å². The van der Waals surface area contributed by atoms with Crippen LogP contribution in [0.25, 0.3) is 0 Å². The fourth-order valence-electron chi connectivity index (χ4n) is 1.99. The Hall–Kier alpha value is -1.29. The molecule has 1 fully saturated rings. The van der Waals surface area contributed by atoms with Gasteiger partial charge in [0.1, 0.15) is 0 Å². The van der Waals surface area contributed by atoms with Crippen molar-refractivity contribution in [2.45, 2.75) is 37.8 Å². The predicted octanol–water partition coefficient (Wildman–Crippen LogP) is 1.28. The molecule has 2 rings (SSSR count). The Bertz CT molecular complexity index is 321. The molecule has 15 heavy (non-hydrogen) atoms. The lowest BCUT2D eigenvalue weighted by Crippen LogP contribution is -2.49. The van der Waals surface area contributed by atoms with E-state index < -0.39 is 0 Å². The van der Waals surface area contributed by atoms with Gasteiger partial charge in [0.2, 0.25) is 0 Å². The van der Waals surface area contributed by atoms with E-state index in [-0.39, 0.29) is 18.0 Å². The molecule has 1 saturated carbocycles. The van der Waals surface area contributed by atoms with E-state index in [2.05, 4.69) is 5.32 Å². The molecule has 0 bridgehead atoms. The highest BCUT2D eigenvalue weighted by atomic mass is 16.3. The molecule has 0 aliphatic heterocycles. The summed E-state index contributed by atoms with van der Waals surface area (Å²) in [4.78, 5) is 11.7. The number of carbonyl (C=O) groups is 1. The third kappa shape index (κ3) is 2.39. The molecule has 0 spiro atoms. The highest BCUT2D eigenvalue weighted by molar-refractivity contribution is 5.91. The molecule has 1 aromatic heterocycles. The number of amides is 1. The molecule has 1 amide bonds. The van der Waals surface area contributed by atoms with Crippen LogP contribution in [0, 0.1) is 0 Å². The third-order valence-corrected chi connectivity index (χ3v) is 2.88. The van der Waals surface area contributed by atoms with Crippen LogP contribution in [0.15, 0.2) is 22.8 Å². The summed E-state index contributed by atoms with van der Waals surface area (Å²) in [5.74, 6) is 0.190. The van der Waals surface area contributed by atoms with Crippen LogP contribution in [0.3, 0.4) is 0 Å². The molecular weight excluding hydrogens is 192 g/mol. The molecule has 1 aliphatic rings. The number of hydrogen-bond donors (Lipinski definition) is 2. The standard InChI is InChI=1S/C11H16N2O2/c12-8-4-1-2-5-9(8)13-11(14)10-6-3-7-15-10/h3,6-9H,1-2,4-5,12H2,(H,13,14)/t8-,9+/m0/s1. The van der Waals surface area contributed by atoms with E-state index in [4.69, 9.17) is 10.2 Å². The molecular formula is C11H16N2O2. The predicted molar refractivity (Wildman–Crippen MR) is 56.4 cm³/mol. The van der Waals surface area contributed by atoms with Crippen molar-refractivity contribution in [2.75, 3.05) is 0 Å². The van der Waals surface area contributed by atoms with E-state index >= 15 is 0 Å². The highest BCUT2D eigenvalue weighted by Gasteiger charge is 2.24. The fourth-order valence-corrected chi connectivity index (χ4v) is 1.99. The fraction of sp³-hybridized carbons (Fsp3) is 0.545.